The van der Waals surface area contributed by atoms with Crippen molar-refractivity contribution in [3.05, 3.63) is 0 Å². The van der Waals surface area contributed by atoms with Gasteiger partial charge in [-0.15, -0.1) is 0 Å². The fourth-order valence-corrected chi connectivity index (χ4v) is 0. The zero-order valence-corrected chi connectivity index (χ0v) is 10.3. The van der Waals surface area contributed by atoms with Gasteiger partial charge in [-0.1, -0.05) is 0 Å². The maximum Gasteiger partial charge on any atom is 2.00 e. The molecule has 0 heterocycles. The Bertz CT molecular complexity index is 85.1. The minimum atomic E-state index is -1.08. The summed E-state index contributed by atoms with van der Waals surface area (Å²) in [6.07, 6.45) is 0. The van der Waals surface area contributed by atoms with Gasteiger partial charge >= 0.3 is 16.8 Å². The van der Waals surface area contributed by atoms with Gasteiger partial charge in [0.05, 0.1) is 0 Å². The van der Waals surface area contributed by atoms with Crippen molar-refractivity contribution in [2.45, 2.75) is 13.8 Å². The molecule has 10 nitrogen and oxygen atoms in total. The molecule has 0 rings (SSSR count). The van der Waals surface area contributed by atoms with Gasteiger partial charge in [0, 0.05) is 11.9 Å². The van der Waals surface area contributed by atoms with E-state index < -0.39 is 11.9 Å². The van der Waals surface area contributed by atoms with Gasteiger partial charge in [-0.25, -0.2) is 0 Å². The normalized spacial score (nSPS) is 3.33. The van der Waals surface area contributed by atoms with Crippen LogP contribution in [-0.2, 0) is 26.4 Å². The average Bonchev–Trinajstić information content (AvgIpc) is 1.25. The quantitative estimate of drug-likeness (QED) is 0.297. The molecule has 0 saturated heterocycles. The molecule has 0 unspecified atom stereocenters. The van der Waals surface area contributed by atoms with Gasteiger partial charge in [-0.05, 0) is 13.8 Å². The van der Waals surface area contributed by atoms with Crippen molar-refractivity contribution < 1.29 is 36.6 Å². The van der Waals surface area contributed by atoms with E-state index in [4.69, 9.17) is 19.8 Å². The third-order valence-corrected chi connectivity index (χ3v) is 0. The monoisotopic (exact) mass is 279 g/mol. The van der Waals surface area contributed by atoms with E-state index in [-0.39, 0.29) is 53.7 Å². The number of carbonyl (C=O) groups excluding carboxylic acids is 2. The van der Waals surface area contributed by atoms with Crippen LogP contribution < -0.4 is 47.1 Å². The Kier molecular flexibility index (Phi) is 442. The number of carboxylic acids is 2. The summed E-state index contributed by atoms with van der Waals surface area (Å²) < 4.78 is 0. The maximum atomic E-state index is 8.89. The number of hydrogen-bond donors (Lipinski definition) is 6. The van der Waals surface area contributed by atoms with Gasteiger partial charge < -0.3 is 56.7 Å². The number of carbonyl (C=O) groups is 2. The molecule has 11 heteroatoms. The molecule has 15 heavy (non-hydrogen) atoms. The van der Waals surface area contributed by atoms with Crippen LogP contribution in [0.15, 0.2) is 0 Å². The van der Waals surface area contributed by atoms with Crippen LogP contribution in [0.5, 0.6) is 0 Å². The van der Waals surface area contributed by atoms with Gasteiger partial charge in [0.25, 0.3) is 0 Å². The summed E-state index contributed by atoms with van der Waals surface area (Å²) in [5.74, 6) is -2.17. The Morgan fingerprint density at radius 3 is 0.667 bits per heavy atom. The third-order valence-electron chi connectivity index (χ3n) is 0. The van der Waals surface area contributed by atoms with E-state index in [9.17, 15) is 0 Å². The Hall–Kier alpha value is -0.794. The van der Waals surface area contributed by atoms with Crippen LogP contribution in [0.4, 0.5) is 0 Å². The SMILES string of the molecule is CC(=O)[O-].CC(=O)[O-].N.N.N.N.N.N.[Co+2]. The molecular weight excluding hydrogens is 255 g/mol. The Labute approximate surface area is 99.9 Å². The molecule has 0 atom stereocenters. The van der Waals surface area contributed by atoms with E-state index in [1.807, 2.05) is 0 Å². The van der Waals surface area contributed by atoms with Crippen molar-refractivity contribution in [1.29, 1.82) is 0 Å². The minimum Gasteiger partial charge on any atom is -0.550 e. The molecule has 0 bridgehead atoms. The average molecular weight is 279 g/mol. The van der Waals surface area contributed by atoms with Crippen molar-refractivity contribution in [3.63, 3.8) is 0 Å². The predicted octanol–water partition coefficient (Wildman–Crippen LogP) is -1.52. The van der Waals surface area contributed by atoms with Crippen LogP contribution >= 0.6 is 0 Å². The second-order valence-corrected chi connectivity index (χ2v) is 0.983. The summed E-state index contributed by atoms with van der Waals surface area (Å²) in [4.78, 5) is 17.8. The fourth-order valence-electron chi connectivity index (χ4n) is 0. The molecule has 0 aliphatic carbocycles. The first kappa shape index (κ1) is 91.4. The molecule has 0 aliphatic heterocycles. The number of aliphatic carboxylic acids is 2. The van der Waals surface area contributed by atoms with E-state index in [1.54, 1.807) is 0 Å². The van der Waals surface area contributed by atoms with E-state index in [0.29, 0.717) is 0 Å². The summed E-state index contributed by atoms with van der Waals surface area (Å²) in [5, 5.41) is 17.8. The van der Waals surface area contributed by atoms with Crippen molar-refractivity contribution in [1.82, 2.24) is 36.9 Å². The molecule has 0 aromatic rings. The van der Waals surface area contributed by atoms with Crippen molar-refractivity contribution in [2.75, 3.05) is 0 Å². The zero-order chi connectivity index (χ0) is 7.15. The summed E-state index contributed by atoms with van der Waals surface area (Å²) in [5.41, 5.74) is 0. The van der Waals surface area contributed by atoms with Gasteiger partial charge in [0.2, 0.25) is 0 Å². The maximum absolute atomic E-state index is 8.89. The van der Waals surface area contributed by atoms with Crippen molar-refractivity contribution in [2.24, 2.45) is 0 Å². The second-order valence-electron chi connectivity index (χ2n) is 0.983. The number of rotatable bonds is 0. The molecule has 0 aromatic carbocycles. The first-order chi connectivity index (χ1) is 3.46. The van der Waals surface area contributed by atoms with Crippen LogP contribution in [-0.4, -0.2) is 11.9 Å². The third kappa shape index (κ3) is 2630. The van der Waals surface area contributed by atoms with Crippen LogP contribution in [0.2, 0.25) is 0 Å². The van der Waals surface area contributed by atoms with Gasteiger partial charge in [0.1, 0.15) is 0 Å². The number of hydrogen-bond acceptors (Lipinski definition) is 10. The van der Waals surface area contributed by atoms with Crippen LogP contribution in [0.3, 0.4) is 0 Å². The topological polar surface area (TPSA) is 290 Å². The van der Waals surface area contributed by atoms with Crippen molar-refractivity contribution in [3.8, 4) is 0 Å². The first-order valence-electron chi connectivity index (χ1n) is 1.82. The predicted molar refractivity (Wildman–Crippen MR) is 51.5 cm³/mol. The number of carboxylic acid groups (broad SMARTS) is 2. The van der Waals surface area contributed by atoms with Gasteiger partial charge in [-0.3, -0.25) is 0 Å². The smallest absolute Gasteiger partial charge is 0.550 e. The van der Waals surface area contributed by atoms with Gasteiger partial charge in [0.15, 0.2) is 0 Å². The summed E-state index contributed by atoms with van der Waals surface area (Å²) in [6.45, 7) is 1.94. The van der Waals surface area contributed by atoms with E-state index in [0.717, 1.165) is 13.8 Å². The standard InChI is InChI=1S/2C2H4O2.Co.6H3N/c2*1-2(3)4;;;;;;;/h2*1H3,(H,3,4);;6*1H3/q;;+2;;;;;;/p-2. The second kappa shape index (κ2) is 72.6. The van der Waals surface area contributed by atoms with E-state index in [2.05, 4.69) is 0 Å². The van der Waals surface area contributed by atoms with Crippen molar-refractivity contribution >= 4 is 11.9 Å². The molecule has 0 aromatic heterocycles. The van der Waals surface area contributed by atoms with E-state index >= 15 is 0 Å². The zero-order valence-electron chi connectivity index (χ0n) is 9.21. The summed E-state index contributed by atoms with van der Waals surface area (Å²) in [6, 6.07) is 0. The largest absolute Gasteiger partial charge is 2.00 e. The first-order valence-corrected chi connectivity index (χ1v) is 1.82. The summed E-state index contributed by atoms with van der Waals surface area (Å²) >= 11 is 0. The van der Waals surface area contributed by atoms with E-state index in [1.165, 1.54) is 0 Å². The molecule has 103 valence electrons. The molecule has 18 N–H and O–H groups in total. The summed E-state index contributed by atoms with van der Waals surface area (Å²) in [7, 11) is 0. The molecule has 0 fully saturated rings. The Morgan fingerprint density at radius 1 is 0.667 bits per heavy atom. The molecule has 1 radical (unpaired) electrons. The van der Waals surface area contributed by atoms with Gasteiger partial charge in [-0.2, -0.15) is 0 Å². The molecule has 0 saturated carbocycles. The van der Waals surface area contributed by atoms with Crippen LogP contribution in [0.25, 0.3) is 0 Å². The Balaban J connectivity index is -0.00000000468. The molecular formula is C4H24CoN6O4. The molecule has 0 aliphatic rings. The fraction of sp³-hybridized carbons (Fsp3) is 0.500. The molecule has 0 spiro atoms. The minimum absolute atomic E-state index is 0. The Morgan fingerprint density at radius 2 is 0.667 bits per heavy atom. The van der Waals surface area contributed by atoms with Crippen LogP contribution in [0, 0.1) is 0 Å². The molecule has 0 amide bonds. The van der Waals surface area contributed by atoms with Crippen LogP contribution in [0.1, 0.15) is 13.8 Å².